The van der Waals surface area contributed by atoms with Crippen LogP contribution in [-0.2, 0) is 11.3 Å². The SMILES string of the molecule is C[Si](C)(C)CCOCc1c[nH]c(N)n1. The van der Waals surface area contributed by atoms with Crippen LogP contribution in [0.5, 0.6) is 0 Å². The van der Waals surface area contributed by atoms with Crippen LogP contribution in [0, 0.1) is 0 Å². The largest absolute Gasteiger partial charge is 0.375 e. The highest BCUT2D eigenvalue weighted by molar-refractivity contribution is 6.76. The number of rotatable bonds is 5. The van der Waals surface area contributed by atoms with E-state index in [0.717, 1.165) is 12.3 Å². The zero-order chi connectivity index (χ0) is 10.6. The van der Waals surface area contributed by atoms with Gasteiger partial charge in [0, 0.05) is 20.9 Å². The van der Waals surface area contributed by atoms with Gasteiger partial charge in [0.15, 0.2) is 5.95 Å². The Morgan fingerprint density at radius 2 is 2.21 bits per heavy atom. The Morgan fingerprint density at radius 1 is 1.50 bits per heavy atom. The molecule has 0 unspecified atom stereocenters. The van der Waals surface area contributed by atoms with Gasteiger partial charge in [-0.25, -0.2) is 4.98 Å². The monoisotopic (exact) mass is 213 g/mol. The number of nitrogens with one attached hydrogen (secondary N) is 1. The molecule has 0 aliphatic heterocycles. The molecule has 0 aliphatic rings. The molecule has 0 spiro atoms. The number of aromatic amines is 1. The maximum absolute atomic E-state index is 5.51. The molecule has 5 heteroatoms. The molecule has 0 amide bonds. The second kappa shape index (κ2) is 4.61. The lowest BCUT2D eigenvalue weighted by molar-refractivity contribution is 0.131. The average Bonchev–Trinajstić information content (AvgIpc) is 2.44. The van der Waals surface area contributed by atoms with Gasteiger partial charge in [0.1, 0.15) is 0 Å². The van der Waals surface area contributed by atoms with Crippen molar-refractivity contribution < 1.29 is 4.74 Å². The Morgan fingerprint density at radius 3 is 2.71 bits per heavy atom. The number of hydrogen-bond donors (Lipinski definition) is 2. The molecule has 1 rings (SSSR count). The normalized spacial score (nSPS) is 11.9. The van der Waals surface area contributed by atoms with Crippen molar-refractivity contribution in [2.24, 2.45) is 0 Å². The molecule has 0 aromatic carbocycles. The van der Waals surface area contributed by atoms with E-state index in [2.05, 4.69) is 29.6 Å². The second-order valence-corrected chi connectivity index (χ2v) is 10.3. The van der Waals surface area contributed by atoms with Gasteiger partial charge in [-0.05, 0) is 6.04 Å². The van der Waals surface area contributed by atoms with E-state index in [0.29, 0.717) is 12.6 Å². The average molecular weight is 213 g/mol. The smallest absolute Gasteiger partial charge is 0.197 e. The molecule has 1 aromatic heterocycles. The predicted octanol–water partition coefficient (Wildman–Crippen LogP) is 1.85. The summed E-state index contributed by atoms with van der Waals surface area (Å²) in [6, 6.07) is 1.19. The summed E-state index contributed by atoms with van der Waals surface area (Å²) in [5.41, 5.74) is 6.31. The first-order chi connectivity index (χ1) is 6.47. The number of nitrogens with zero attached hydrogens (tertiary/aromatic N) is 1. The van der Waals surface area contributed by atoms with Gasteiger partial charge in [-0.2, -0.15) is 0 Å². The van der Waals surface area contributed by atoms with Crippen molar-refractivity contribution >= 4 is 14.0 Å². The molecule has 0 atom stereocenters. The summed E-state index contributed by atoms with van der Waals surface area (Å²) in [5.74, 6) is 0.453. The highest BCUT2D eigenvalue weighted by Gasteiger charge is 2.12. The summed E-state index contributed by atoms with van der Waals surface area (Å²) in [4.78, 5) is 6.87. The minimum absolute atomic E-state index is 0.453. The van der Waals surface area contributed by atoms with Crippen molar-refractivity contribution in [3.8, 4) is 0 Å². The van der Waals surface area contributed by atoms with Gasteiger partial charge in [0.2, 0.25) is 0 Å². The maximum atomic E-state index is 5.51. The van der Waals surface area contributed by atoms with Crippen LogP contribution in [0.4, 0.5) is 5.95 Å². The van der Waals surface area contributed by atoms with Crippen LogP contribution in [0.3, 0.4) is 0 Å². The number of anilines is 1. The molecular weight excluding hydrogens is 194 g/mol. The summed E-state index contributed by atoms with van der Waals surface area (Å²) in [5, 5.41) is 0. The lowest BCUT2D eigenvalue weighted by atomic mass is 10.5. The van der Waals surface area contributed by atoms with Gasteiger partial charge in [-0.15, -0.1) is 0 Å². The molecule has 0 radical (unpaired) electrons. The van der Waals surface area contributed by atoms with E-state index in [-0.39, 0.29) is 0 Å². The van der Waals surface area contributed by atoms with Gasteiger partial charge >= 0.3 is 0 Å². The summed E-state index contributed by atoms with van der Waals surface area (Å²) in [6.07, 6.45) is 1.78. The molecule has 1 aromatic rings. The number of hydrogen-bond acceptors (Lipinski definition) is 3. The summed E-state index contributed by atoms with van der Waals surface area (Å²) in [6.45, 7) is 8.38. The van der Waals surface area contributed by atoms with Crippen molar-refractivity contribution in [2.45, 2.75) is 32.3 Å². The number of nitrogen functional groups attached to an aromatic ring is 1. The second-order valence-electron chi connectivity index (χ2n) is 4.64. The van der Waals surface area contributed by atoms with Crippen LogP contribution >= 0.6 is 0 Å². The van der Waals surface area contributed by atoms with Gasteiger partial charge < -0.3 is 15.5 Å². The van der Waals surface area contributed by atoms with Crippen molar-refractivity contribution in [1.29, 1.82) is 0 Å². The number of H-pyrrole nitrogens is 1. The van der Waals surface area contributed by atoms with Crippen LogP contribution in [0.15, 0.2) is 6.20 Å². The van der Waals surface area contributed by atoms with Crippen LogP contribution in [0.1, 0.15) is 5.69 Å². The van der Waals surface area contributed by atoms with Crippen molar-refractivity contribution in [1.82, 2.24) is 9.97 Å². The molecule has 0 fully saturated rings. The molecule has 80 valence electrons. The van der Waals surface area contributed by atoms with E-state index in [4.69, 9.17) is 10.5 Å². The molecular formula is C9H19N3OSi. The molecule has 1 heterocycles. The van der Waals surface area contributed by atoms with E-state index >= 15 is 0 Å². The van der Waals surface area contributed by atoms with E-state index in [1.807, 2.05) is 0 Å². The summed E-state index contributed by atoms with van der Waals surface area (Å²) < 4.78 is 5.51. The van der Waals surface area contributed by atoms with Crippen molar-refractivity contribution in [3.63, 3.8) is 0 Å². The quantitative estimate of drug-likeness (QED) is 0.579. The molecule has 4 nitrogen and oxygen atoms in total. The van der Waals surface area contributed by atoms with Crippen LogP contribution < -0.4 is 5.73 Å². The Labute approximate surface area is 85.9 Å². The topological polar surface area (TPSA) is 63.9 Å². The van der Waals surface area contributed by atoms with Gasteiger partial charge in [0.25, 0.3) is 0 Å². The zero-order valence-corrected chi connectivity index (χ0v) is 10.1. The predicted molar refractivity (Wildman–Crippen MR) is 60.8 cm³/mol. The minimum atomic E-state index is -0.968. The third-order valence-electron chi connectivity index (χ3n) is 1.90. The molecule has 0 saturated carbocycles. The third-order valence-corrected chi connectivity index (χ3v) is 3.60. The van der Waals surface area contributed by atoms with Crippen molar-refractivity contribution in [3.05, 3.63) is 11.9 Å². The van der Waals surface area contributed by atoms with Crippen molar-refractivity contribution in [2.75, 3.05) is 12.3 Å². The minimum Gasteiger partial charge on any atom is -0.375 e. The van der Waals surface area contributed by atoms with Gasteiger partial charge in [-0.1, -0.05) is 19.6 Å². The highest BCUT2D eigenvalue weighted by atomic mass is 28.3. The number of nitrogens with two attached hydrogens (primary N) is 1. The molecule has 14 heavy (non-hydrogen) atoms. The van der Waals surface area contributed by atoms with E-state index in [9.17, 15) is 0 Å². The van der Waals surface area contributed by atoms with Crippen LogP contribution in [-0.4, -0.2) is 24.6 Å². The Kier molecular flexibility index (Phi) is 3.71. The number of ether oxygens (including phenoxy) is 1. The fourth-order valence-corrected chi connectivity index (χ4v) is 1.76. The summed E-state index contributed by atoms with van der Waals surface area (Å²) in [7, 11) is -0.968. The summed E-state index contributed by atoms with van der Waals surface area (Å²) >= 11 is 0. The van der Waals surface area contributed by atoms with E-state index in [1.54, 1.807) is 6.20 Å². The molecule has 0 saturated heterocycles. The number of imidazole rings is 1. The van der Waals surface area contributed by atoms with E-state index in [1.165, 1.54) is 6.04 Å². The standard InChI is InChI=1S/C9H19N3OSi/c1-14(2,3)5-4-13-7-8-6-11-9(10)12-8/h6H,4-5,7H2,1-3H3,(H3,10,11,12). The molecule has 0 bridgehead atoms. The fourth-order valence-electron chi connectivity index (χ4n) is 1.01. The van der Waals surface area contributed by atoms with Crippen LogP contribution in [0.25, 0.3) is 0 Å². The highest BCUT2D eigenvalue weighted by Crippen LogP contribution is 2.08. The Balaban J connectivity index is 2.16. The van der Waals surface area contributed by atoms with Gasteiger partial charge in [0.05, 0.1) is 12.3 Å². The third kappa shape index (κ3) is 4.43. The van der Waals surface area contributed by atoms with Gasteiger partial charge in [-0.3, -0.25) is 0 Å². The Hall–Kier alpha value is -0.813. The first-order valence-corrected chi connectivity index (χ1v) is 8.55. The molecule has 3 N–H and O–H groups in total. The molecule has 0 aliphatic carbocycles. The Bertz CT molecular complexity index is 280. The first-order valence-electron chi connectivity index (χ1n) is 4.85. The van der Waals surface area contributed by atoms with E-state index < -0.39 is 8.07 Å². The fraction of sp³-hybridized carbons (Fsp3) is 0.667. The van der Waals surface area contributed by atoms with Crippen LogP contribution in [0.2, 0.25) is 25.7 Å². The lowest BCUT2D eigenvalue weighted by Gasteiger charge is -2.14. The number of aromatic nitrogens is 2. The first kappa shape index (κ1) is 11.3. The lowest BCUT2D eigenvalue weighted by Crippen LogP contribution is -2.21. The zero-order valence-electron chi connectivity index (χ0n) is 9.13. The maximum Gasteiger partial charge on any atom is 0.197 e.